The maximum Gasteiger partial charge on any atom is 0.120 e. The van der Waals surface area contributed by atoms with E-state index in [0.717, 1.165) is 17.9 Å². The first kappa shape index (κ1) is 13.0. The first-order valence-electron chi connectivity index (χ1n) is 6.11. The van der Waals surface area contributed by atoms with Gasteiger partial charge in [0.25, 0.3) is 0 Å². The minimum absolute atomic E-state index is 0.200. The van der Waals surface area contributed by atoms with Crippen LogP contribution in [-0.4, -0.2) is 10.7 Å². The molecule has 0 aliphatic rings. The third-order valence-corrected chi connectivity index (χ3v) is 3.09. The Morgan fingerprint density at radius 3 is 2.83 bits per heavy atom. The molecule has 0 amide bonds. The van der Waals surface area contributed by atoms with Gasteiger partial charge in [0.2, 0.25) is 0 Å². The van der Waals surface area contributed by atoms with Crippen molar-refractivity contribution >= 4 is 22.5 Å². The quantitative estimate of drug-likeness (QED) is 0.788. The van der Waals surface area contributed by atoms with E-state index in [0.29, 0.717) is 0 Å². The third-order valence-electron chi connectivity index (χ3n) is 2.72. The van der Waals surface area contributed by atoms with E-state index in [1.165, 1.54) is 10.9 Å². The van der Waals surface area contributed by atoms with E-state index in [4.69, 9.17) is 16.3 Å². The van der Waals surface area contributed by atoms with Crippen molar-refractivity contribution in [2.75, 3.05) is 0 Å². The summed E-state index contributed by atoms with van der Waals surface area (Å²) in [5, 5.41) is 1.19. The Morgan fingerprint density at radius 2 is 2.17 bits per heavy atom. The first-order chi connectivity index (χ1) is 8.60. The average molecular weight is 264 g/mol. The molecule has 0 fully saturated rings. The number of hydrogen-bond donors (Lipinski definition) is 0. The highest BCUT2D eigenvalue weighted by molar-refractivity contribution is 6.25. The second-order valence-corrected chi connectivity index (χ2v) is 5.00. The van der Waals surface area contributed by atoms with Crippen LogP contribution in [0.3, 0.4) is 0 Å². The van der Waals surface area contributed by atoms with E-state index in [1.807, 2.05) is 26.8 Å². The molecular formula is C15H18ClNO. The van der Waals surface area contributed by atoms with Gasteiger partial charge in [0.1, 0.15) is 5.75 Å². The van der Waals surface area contributed by atoms with Crippen LogP contribution < -0.4 is 4.74 Å². The van der Waals surface area contributed by atoms with Crippen LogP contribution in [0.2, 0.25) is 0 Å². The summed E-state index contributed by atoms with van der Waals surface area (Å²) >= 11 is 5.71. The molecule has 2 aromatic rings. The minimum atomic E-state index is 0.200. The van der Waals surface area contributed by atoms with Gasteiger partial charge in [0.05, 0.1) is 6.10 Å². The van der Waals surface area contributed by atoms with Crippen LogP contribution in [0.15, 0.2) is 41.6 Å². The summed E-state index contributed by atoms with van der Waals surface area (Å²) in [5.41, 5.74) is 3.96. The molecule has 0 aliphatic heterocycles. The molecule has 1 aromatic carbocycles. The zero-order valence-corrected chi connectivity index (χ0v) is 11.7. The highest BCUT2D eigenvalue weighted by Crippen LogP contribution is 2.23. The van der Waals surface area contributed by atoms with Crippen molar-refractivity contribution in [1.29, 1.82) is 0 Å². The second-order valence-electron chi connectivity index (χ2n) is 4.79. The largest absolute Gasteiger partial charge is 0.491 e. The summed E-state index contributed by atoms with van der Waals surface area (Å²) < 4.78 is 7.88. The number of rotatable bonds is 4. The zero-order chi connectivity index (χ0) is 13.1. The lowest BCUT2D eigenvalue weighted by Crippen LogP contribution is -2.05. The maximum absolute atomic E-state index is 5.71. The molecule has 0 spiro atoms. The number of aromatic nitrogens is 1. The van der Waals surface area contributed by atoms with E-state index < -0.39 is 0 Å². The van der Waals surface area contributed by atoms with Crippen molar-refractivity contribution in [3.63, 3.8) is 0 Å². The summed E-state index contributed by atoms with van der Waals surface area (Å²) in [6, 6.07) is 8.28. The van der Waals surface area contributed by atoms with Gasteiger partial charge < -0.3 is 9.30 Å². The van der Waals surface area contributed by atoms with Gasteiger partial charge in [0.15, 0.2) is 0 Å². The van der Waals surface area contributed by atoms with E-state index >= 15 is 0 Å². The minimum Gasteiger partial charge on any atom is -0.491 e. The molecule has 0 radical (unpaired) electrons. The van der Waals surface area contributed by atoms with E-state index in [2.05, 4.69) is 29.0 Å². The van der Waals surface area contributed by atoms with Gasteiger partial charge in [-0.25, -0.2) is 0 Å². The fourth-order valence-electron chi connectivity index (χ4n) is 1.96. The molecule has 0 N–H and O–H groups in total. The van der Waals surface area contributed by atoms with E-state index in [9.17, 15) is 0 Å². The maximum atomic E-state index is 5.71. The number of allylic oxidation sites excluding steroid dienone is 1. The molecule has 1 aromatic heterocycles. The monoisotopic (exact) mass is 263 g/mol. The number of benzene rings is 1. The Morgan fingerprint density at radius 1 is 1.39 bits per heavy atom. The summed E-state index contributed by atoms with van der Waals surface area (Å²) in [7, 11) is 0. The molecule has 3 heteroatoms. The van der Waals surface area contributed by atoms with Crippen LogP contribution >= 0.6 is 11.6 Å². The average Bonchev–Trinajstić information content (AvgIpc) is 2.71. The van der Waals surface area contributed by atoms with Crippen molar-refractivity contribution in [2.45, 2.75) is 33.4 Å². The van der Waals surface area contributed by atoms with Crippen LogP contribution in [0.5, 0.6) is 5.75 Å². The Balaban J connectivity index is 2.31. The molecule has 96 valence electrons. The molecule has 0 atom stereocenters. The van der Waals surface area contributed by atoms with Crippen LogP contribution in [0.1, 0.15) is 20.8 Å². The molecule has 2 nitrogen and oxygen atoms in total. The Kier molecular flexibility index (Phi) is 3.97. The van der Waals surface area contributed by atoms with Crippen LogP contribution in [0.4, 0.5) is 0 Å². The molecule has 0 saturated heterocycles. The normalized spacial score (nSPS) is 12.4. The van der Waals surface area contributed by atoms with Gasteiger partial charge in [-0.3, -0.25) is 0 Å². The van der Waals surface area contributed by atoms with Gasteiger partial charge >= 0.3 is 0 Å². The number of nitrogens with zero attached hydrogens (tertiary/aromatic N) is 1. The SMILES string of the molecule is C/C(=C\Cl)Cn1ccc2cc(OC(C)C)ccc21. The highest BCUT2D eigenvalue weighted by Gasteiger charge is 2.04. The first-order valence-corrected chi connectivity index (χ1v) is 6.55. The number of hydrogen-bond acceptors (Lipinski definition) is 1. The lowest BCUT2D eigenvalue weighted by atomic mass is 10.2. The van der Waals surface area contributed by atoms with Gasteiger partial charge in [-0.2, -0.15) is 0 Å². The lowest BCUT2D eigenvalue weighted by molar-refractivity contribution is 0.243. The van der Waals surface area contributed by atoms with Gasteiger partial charge in [-0.15, -0.1) is 0 Å². The summed E-state index contributed by atoms with van der Waals surface area (Å²) in [5.74, 6) is 0.917. The highest BCUT2D eigenvalue weighted by atomic mass is 35.5. The van der Waals surface area contributed by atoms with Crippen molar-refractivity contribution in [1.82, 2.24) is 4.57 Å². The van der Waals surface area contributed by atoms with Crippen LogP contribution in [0.25, 0.3) is 10.9 Å². The molecule has 0 bridgehead atoms. The van der Waals surface area contributed by atoms with Gasteiger partial charge in [-0.05, 0) is 50.6 Å². The zero-order valence-electron chi connectivity index (χ0n) is 11.0. The third kappa shape index (κ3) is 2.88. The van der Waals surface area contributed by atoms with Crippen molar-refractivity contribution < 1.29 is 4.74 Å². The number of ether oxygens (including phenoxy) is 1. The number of halogens is 1. The Labute approximate surface area is 113 Å². The van der Waals surface area contributed by atoms with Crippen molar-refractivity contribution in [3.05, 3.63) is 41.6 Å². The molecular weight excluding hydrogens is 246 g/mol. The fraction of sp³-hybridized carbons (Fsp3) is 0.333. The topological polar surface area (TPSA) is 14.2 Å². The second kappa shape index (κ2) is 5.49. The van der Waals surface area contributed by atoms with E-state index in [-0.39, 0.29) is 6.10 Å². The van der Waals surface area contributed by atoms with E-state index in [1.54, 1.807) is 5.54 Å². The Hall–Kier alpha value is -1.41. The van der Waals surface area contributed by atoms with Crippen molar-refractivity contribution in [3.8, 4) is 5.75 Å². The summed E-state index contributed by atoms with van der Waals surface area (Å²) in [6.07, 6.45) is 2.28. The molecule has 2 rings (SSSR count). The molecule has 0 saturated carbocycles. The standard InChI is InChI=1S/C15H18ClNO/c1-11(2)18-14-4-5-15-13(8-14)6-7-17(15)10-12(3)9-16/h4-9,11H,10H2,1-3H3/b12-9+. The van der Waals surface area contributed by atoms with Gasteiger partial charge in [-0.1, -0.05) is 11.6 Å². The molecule has 0 unspecified atom stereocenters. The smallest absolute Gasteiger partial charge is 0.120 e. The molecule has 1 heterocycles. The molecule has 18 heavy (non-hydrogen) atoms. The van der Waals surface area contributed by atoms with Gasteiger partial charge in [0, 0.05) is 29.2 Å². The predicted molar refractivity (Wildman–Crippen MR) is 77.3 cm³/mol. The van der Waals surface area contributed by atoms with Crippen molar-refractivity contribution in [2.24, 2.45) is 0 Å². The lowest BCUT2D eigenvalue weighted by Gasteiger charge is -2.10. The Bertz CT molecular complexity index is 569. The fourth-order valence-corrected chi connectivity index (χ4v) is 2.03. The van der Waals surface area contributed by atoms with Crippen LogP contribution in [-0.2, 0) is 6.54 Å². The predicted octanol–water partition coefficient (Wildman–Crippen LogP) is 4.57. The summed E-state index contributed by atoms with van der Waals surface area (Å²) in [6.45, 7) is 6.90. The van der Waals surface area contributed by atoms with Crippen LogP contribution in [0, 0.1) is 0 Å². The number of fused-ring (bicyclic) bond motifs is 1. The molecule has 0 aliphatic carbocycles. The summed E-state index contributed by atoms with van der Waals surface area (Å²) in [4.78, 5) is 0.